The van der Waals surface area contributed by atoms with Crippen molar-refractivity contribution >= 4 is 40.1 Å². The molecule has 4 aromatic rings. The van der Waals surface area contributed by atoms with Crippen LogP contribution in [-0.2, 0) is 4.74 Å². The van der Waals surface area contributed by atoms with E-state index in [4.69, 9.17) is 21.3 Å². The molecule has 0 amide bonds. The molecule has 0 saturated carbocycles. The van der Waals surface area contributed by atoms with Gasteiger partial charge in [-0.3, -0.25) is 0 Å². The first-order valence-electron chi connectivity index (χ1n) is 9.86. The Bertz CT molecular complexity index is 1150. The number of nitrogens with one attached hydrogen (secondary N) is 2. The Morgan fingerprint density at radius 2 is 1.77 bits per heavy atom. The van der Waals surface area contributed by atoms with Crippen molar-refractivity contribution in [1.82, 2.24) is 19.9 Å². The van der Waals surface area contributed by atoms with Crippen LogP contribution >= 0.6 is 11.6 Å². The SMILES string of the molecule is Cc1c(Cl)nc(-c2ccc(Nc3nc4ccccc4[nH]3)cc2)nc1N1CCOCC1. The predicted octanol–water partition coefficient (Wildman–Crippen LogP) is 4.56. The number of anilines is 3. The zero-order chi connectivity index (χ0) is 20.5. The Balaban J connectivity index is 1.40. The summed E-state index contributed by atoms with van der Waals surface area (Å²) < 4.78 is 5.45. The van der Waals surface area contributed by atoms with Gasteiger partial charge in [-0.2, -0.15) is 0 Å². The minimum Gasteiger partial charge on any atom is -0.378 e. The van der Waals surface area contributed by atoms with E-state index in [1.165, 1.54) is 0 Å². The number of hydrogen-bond donors (Lipinski definition) is 2. The fourth-order valence-corrected chi connectivity index (χ4v) is 3.71. The van der Waals surface area contributed by atoms with Gasteiger partial charge in [-0.1, -0.05) is 23.7 Å². The van der Waals surface area contributed by atoms with Crippen molar-refractivity contribution in [3.8, 4) is 11.4 Å². The van der Waals surface area contributed by atoms with E-state index in [0.717, 1.165) is 46.8 Å². The van der Waals surface area contributed by atoms with Crippen molar-refractivity contribution in [2.75, 3.05) is 36.5 Å². The van der Waals surface area contributed by atoms with Crippen molar-refractivity contribution < 1.29 is 4.74 Å². The van der Waals surface area contributed by atoms with E-state index in [1.807, 2.05) is 55.5 Å². The maximum atomic E-state index is 6.43. The third-order valence-electron chi connectivity index (χ3n) is 5.17. The highest BCUT2D eigenvalue weighted by Gasteiger charge is 2.19. The lowest BCUT2D eigenvalue weighted by Gasteiger charge is -2.29. The van der Waals surface area contributed by atoms with Gasteiger partial charge in [0, 0.05) is 29.9 Å². The largest absolute Gasteiger partial charge is 0.378 e. The van der Waals surface area contributed by atoms with Crippen LogP contribution in [0.25, 0.3) is 22.4 Å². The number of hydrogen-bond acceptors (Lipinski definition) is 6. The van der Waals surface area contributed by atoms with Crippen LogP contribution in [0.1, 0.15) is 5.56 Å². The number of imidazole rings is 1. The summed E-state index contributed by atoms with van der Waals surface area (Å²) in [6, 6.07) is 15.9. The molecule has 1 saturated heterocycles. The molecule has 7 nitrogen and oxygen atoms in total. The average molecular weight is 421 g/mol. The second kappa shape index (κ2) is 7.93. The molecule has 0 unspecified atom stereocenters. The van der Waals surface area contributed by atoms with Gasteiger partial charge in [0.05, 0.1) is 24.2 Å². The van der Waals surface area contributed by atoms with Crippen molar-refractivity contribution in [1.29, 1.82) is 0 Å². The van der Waals surface area contributed by atoms with Crippen LogP contribution < -0.4 is 10.2 Å². The molecule has 0 atom stereocenters. The van der Waals surface area contributed by atoms with Gasteiger partial charge in [0.25, 0.3) is 0 Å². The monoisotopic (exact) mass is 420 g/mol. The topological polar surface area (TPSA) is 79.0 Å². The highest BCUT2D eigenvalue weighted by molar-refractivity contribution is 6.30. The summed E-state index contributed by atoms with van der Waals surface area (Å²) in [5, 5.41) is 3.78. The van der Waals surface area contributed by atoms with Gasteiger partial charge in [0.15, 0.2) is 5.82 Å². The molecule has 8 heteroatoms. The normalized spacial score (nSPS) is 14.3. The molecule has 1 aliphatic rings. The summed E-state index contributed by atoms with van der Waals surface area (Å²) >= 11 is 6.43. The lowest BCUT2D eigenvalue weighted by molar-refractivity contribution is 0.122. The number of fused-ring (bicyclic) bond motifs is 1. The zero-order valence-corrected chi connectivity index (χ0v) is 17.3. The van der Waals surface area contributed by atoms with Gasteiger partial charge >= 0.3 is 0 Å². The lowest BCUT2D eigenvalue weighted by atomic mass is 10.2. The second-order valence-corrected chi connectivity index (χ2v) is 7.55. The van der Waals surface area contributed by atoms with E-state index >= 15 is 0 Å². The number of aromatic nitrogens is 4. The molecule has 0 aliphatic carbocycles. The number of aromatic amines is 1. The number of halogens is 1. The van der Waals surface area contributed by atoms with Crippen LogP contribution in [0.3, 0.4) is 0 Å². The van der Waals surface area contributed by atoms with E-state index in [2.05, 4.69) is 25.2 Å². The Kier molecular flexibility index (Phi) is 4.98. The Morgan fingerprint density at radius 3 is 2.53 bits per heavy atom. The van der Waals surface area contributed by atoms with E-state index < -0.39 is 0 Å². The summed E-state index contributed by atoms with van der Waals surface area (Å²) in [6.45, 7) is 4.94. The fourth-order valence-electron chi connectivity index (χ4n) is 3.54. The summed E-state index contributed by atoms with van der Waals surface area (Å²) in [7, 11) is 0. The second-order valence-electron chi connectivity index (χ2n) is 7.19. The van der Waals surface area contributed by atoms with Gasteiger partial charge in [-0.15, -0.1) is 0 Å². The maximum absolute atomic E-state index is 6.43. The zero-order valence-electron chi connectivity index (χ0n) is 16.5. The molecule has 30 heavy (non-hydrogen) atoms. The van der Waals surface area contributed by atoms with Crippen LogP contribution in [0.4, 0.5) is 17.5 Å². The number of nitrogens with zero attached hydrogens (tertiary/aromatic N) is 4. The molecule has 1 aliphatic heterocycles. The molecule has 0 bridgehead atoms. The van der Waals surface area contributed by atoms with E-state index in [-0.39, 0.29) is 0 Å². The van der Waals surface area contributed by atoms with E-state index in [9.17, 15) is 0 Å². The molecule has 0 spiro atoms. The third-order valence-corrected chi connectivity index (χ3v) is 5.53. The molecule has 1 fully saturated rings. The van der Waals surface area contributed by atoms with Crippen LogP contribution in [0.5, 0.6) is 0 Å². The van der Waals surface area contributed by atoms with Gasteiger partial charge in [-0.05, 0) is 43.3 Å². The van der Waals surface area contributed by atoms with Crippen molar-refractivity contribution in [2.24, 2.45) is 0 Å². The fraction of sp³-hybridized carbons (Fsp3) is 0.227. The number of rotatable bonds is 4. The third kappa shape index (κ3) is 3.69. The predicted molar refractivity (Wildman–Crippen MR) is 120 cm³/mol. The van der Waals surface area contributed by atoms with Gasteiger partial charge in [-0.25, -0.2) is 15.0 Å². The molecule has 2 aromatic heterocycles. The minimum atomic E-state index is 0.478. The van der Waals surface area contributed by atoms with Crippen molar-refractivity contribution in [3.63, 3.8) is 0 Å². The molecule has 2 N–H and O–H groups in total. The summed E-state index contributed by atoms with van der Waals surface area (Å²) in [4.78, 5) is 19.3. The first-order chi connectivity index (χ1) is 14.7. The van der Waals surface area contributed by atoms with E-state index in [0.29, 0.717) is 30.1 Å². The first kappa shape index (κ1) is 18.8. The summed E-state index contributed by atoms with van der Waals surface area (Å²) in [5.74, 6) is 2.19. The maximum Gasteiger partial charge on any atom is 0.205 e. The molecular formula is C22H21ClN6O. The number of morpholine rings is 1. The van der Waals surface area contributed by atoms with Crippen LogP contribution in [-0.4, -0.2) is 46.2 Å². The van der Waals surface area contributed by atoms with Crippen LogP contribution in [0.15, 0.2) is 48.5 Å². The molecule has 2 aromatic carbocycles. The Labute approximate surface area is 179 Å². The Hall–Kier alpha value is -3.16. The van der Waals surface area contributed by atoms with Crippen LogP contribution in [0.2, 0.25) is 5.15 Å². The highest BCUT2D eigenvalue weighted by Crippen LogP contribution is 2.29. The van der Waals surface area contributed by atoms with Crippen molar-refractivity contribution in [2.45, 2.75) is 6.92 Å². The quantitative estimate of drug-likeness (QED) is 0.471. The lowest BCUT2D eigenvalue weighted by Crippen LogP contribution is -2.37. The average Bonchev–Trinajstić information content (AvgIpc) is 3.19. The number of para-hydroxylation sites is 2. The number of ether oxygens (including phenoxy) is 1. The molecule has 152 valence electrons. The molecule has 5 rings (SSSR count). The van der Waals surface area contributed by atoms with Crippen LogP contribution in [0, 0.1) is 6.92 Å². The van der Waals surface area contributed by atoms with E-state index in [1.54, 1.807) is 0 Å². The summed E-state index contributed by atoms with van der Waals surface area (Å²) in [6.07, 6.45) is 0. The van der Waals surface area contributed by atoms with Crippen molar-refractivity contribution in [3.05, 3.63) is 59.2 Å². The van der Waals surface area contributed by atoms with Gasteiger partial charge in [0.2, 0.25) is 5.95 Å². The molecule has 3 heterocycles. The Morgan fingerprint density at radius 1 is 1.00 bits per heavy atom. The standard InChI is InChI=1S/C22H21ClN6O/c1-14-19(23)27-20(28-21(14)29-10-12-30-13-11-29)15-6-8-16(9-7-15)24-22-25-17-4-2-3-5-18(17)26-22/h2-9H,10-13H2,1H3,(H2,24,25,26). The highest BCUT2D eigenvalue weighted by atomic mass is 35.5. The molecular weight excluding hydrogens is 400 g/mol. The first-order valence-corrected chi connectivity index (χ1v) is 10.2. The number of benzene rings is 2. The molecule has 0 radical (unpaired) electrons. The number of H-pyrrole nitrogens is 1. The smallest absolute Gasteiger partial charge is 0.205 e. The summed E-state index contributed by atoms with van der Waals surface area (Å²) in [5.41, 5.74) is 4.64. The van der Waals surface area contributed by atoms with Gasteiger partial charge < -0.3 is 19.9 Å². The van der Waals surface area contributed by atoms with Gasteiger partial charge in [0.1, 0.15) is 11.0 Å². The minimum absolute atomic E-state index is 0.478.